The first-order valence-corrected chi connectivity index (χ1v) is 5.43. The van der Waals surface area contributed by atoms with E-state index in [0.717, 1.165) is 11.4 Å². The largest absolute Gasteiger partial charge is 0.495 e. The van der Waals surface area contributed by atoms with Crippen LogP contribution in [0, 0.1) is 0 Å². The van der Waals surface area contributed by atoms with Crippen LogP contribution >= 0.6 is 0 Å². The van der Waals surface area contributed by atoms with E-state index in [2.05, 4.69) is 20.4 Å². The molecule has 1 aromatic carbocycles. The summed E-state index contributed by atoms with van der Waals surface area (Å²) in [6, 6.07) is 7.61. The fourth-order valence-electron chi connectivity index (χ4n) is 1.67. The predicted molar refractivity (Wildman–Crippen MR) is 67.1 cm³/mol. The van der Waals surface area contributed by atoms with E-state index < -0.39 is 0 Å². The molecule has 0 aliphatic heterocycles. The van der Waals surface area contributed by atoms with Crippen LogP contribution in [0.15, 0.2) is 42.9 Å². The van der Waals surface area contributed by atoms with Gasteiger partial charge in [-0.1, -0.05) is 12.1 Å². The smallest absolute Gasteiger partial charge is 0.247 e. The topological polar surface area (TPSA) is 64.3 Å². The molecule has 0 fully saturated rings. The van der Waals surface area contributed by atoms with Crippen molar-refractivity contribution in [2.45, 2.75) is 0 Å². The van der Waals surface area contributed by atoms with Crippen LogP contribution < -0.4 is 10.1 Å². The fourth-order valence-corrected chi connectivity index (χ4v) is 1.67. The molecule has 0 atom stereocenters. The zero-order valence-corrected chi connectivity index (χ0v) is 9.74. The molecule has 3 aromatic rings. The van der Waals surface area contributed by atoms with Crippen LogP contribution in [0.3, 0.4) is 0 Å². The fraction of sp³-hybridized carbons (Fsp3) is 0.0833. The molecular formula is C12H11N5O. The Bertz CT molecular complexity index is 646. The van der Waals surface area contributed by atoms with Gasteiger partial charge in [0.25, 0.3) is 0 Å². The molecule has 2 aromatic heterocycles. The second-order valence-corrected chi connectivity index (χ2v) is 3.64. The van der Waals surface area contributed by atoms with Gasteiger partial charge in [-0.3, -0.25) is 4.98 Å². The van der Waals surface area contributed by atoms with Crippen molar-refractivity contribution < 1.29 is 4.74 Å². The van der Waals surface area contributed by atoms with Crippen LogP contribution in [0.2, 0.25) is 0 Å². The Kier molecular flexibility index (Phi) is 2.53. The molecule has 18 heavy (non-hydrogen) atoms. The first-order chi connectivity index (χ1) is 8.86. The van der Waals surface area contributed by atoms with E-state index in [9.17, 15) is 0 Å². The number of hydrogen-bond acceptors (Lipinski definition) is 5. The molecule has 2 heterocycles. The summed E-state index contributed by atoms with van der Waals surface area (Å²) in [5.74, 6) is 1.25. The van der Waals surface area contributed by atoms with Crippen LogP contribution in [0.1, 0.15) is 0 Å². The molecule has 0 saturated carbocycles. The van der Waals surface area contributed by atoms with Crippen molar-refractivity contribution in [2.75, 3.05) is 12.4 Å². The molecule has 6 heteroatoms. The second kappa shape index (κ2) is 4.33. The summed E-state index contributed by atoms with van der Waals surface area (Å²) in [5, 5.41) is 7.40. The Labute approximate surface area is 103 Å². The third-order valence-corrected chi connectivity index (χ3v) is 2.50. The summed E-state index contributed by atoms with van der Waals surface area (Å²) >= 11 is 0. The number of ether oxygens (including phenoxy) is 1. The number of benzene rings is 1. The number of nitrogens with zero attached hydrogens (tertiary/aromatic N) is 4. The predicted octanol–water partition coefficient (Wildman–Crippen LogP) is 1.88. The highest BCUT2D eigenvalue weighted by atomic mass is 16.5. The average molecular weight is 241 g/mol. The molecule has 0 amide bonds. The van der Waals surface area contributed by atoms with E-state index in [4.69, 9.17) is 4.74 Å². The average Bonchev–Trinajstić information content (AvgIpc) is 2.81. The maximum atomic E-state index is 5.25. The second-order valence-electron chi connectivity index (χ2n) is 3.64. The summed E-state index contributed by atoms with van der Waals surface area (Å²) in [4.78, 5) is 8.30. The van der Waals surface area contributed by atoms with Crippen molar-refractivity contribution in [3.05, 3.63) is 42.9 Å². The van der Waals surface area contributed by atoms with Gasteiger partial charge in [0, 0.05) is 12.4 Å². The summed E-state index contributed by atoms with van der Waals surface area (Å²) in [6.07, 6.45) is 5.06. The molecule has 0 aliphatic rings. The van der Waals surface area contributed by atoms with Crippen LogP contribution in [0.5, 0.6) is 5.75 Å². The monoisotopic (exact) mass is 241 g/mol. The summed E-state index contributed by atoms with van der Waals surface area (Å²) in [7, 11) is 1.63. The number of rotatable bonds is 3. The number of aromatic nitrogens is 4. The van der Waals surface area contributed by atoms with Crippen molar-refractivity contribution in [1.29, 1.82) is 0 Å². The van der Waals surface area contributed by atoms with E-state index in [1.165, 1.54) is 0 Å². The minimum absolute atomic E-state index is 0.507. The Balaban J connectivity index is 1.96. The van der Waals surface area contributed by atoms with E-state index in [1.807, 2.05) is 24.3 Å². The lowest BCUT2D eigenvalue weighted by Gasteiger charge is -2.07. The first kappa shape index (κ1) is 10.5. The van der Waals surface area contributed by atoms with E-state index in [1.54, 1.807) is 30.2 Å². The quantitative estimate of drug-likeness (QED) is 0.758. The number of hydrogen-bond donors (Lipinski definition) is 1. The van der Waals surface area contributed by atoms with Crippen LogP contribution in [0.25, 0.3) is 5.65 Å². The van der Waals surface area contributed by atoms with E-state index >= 15 is 0 Å². The maximum Gasteiger partial charge on any atom is 0.247 e. The Morgan fingerprint density at radius 2 is 2.17 bits per heavy atom. The van der Waals surface area contributed by atoms with Crippen LogP contribution in [-0.4, -0.2) is 26.7 Å². The molecule has 0 unspecified atom stereocenters. The minimum atomic E-state index is 0.507. The first-order valence-electron chi connectivity index (χ1n) is 5.43. The molecule has 90 valence electrons. The highest BCUT2D eigenvalue weighted by Crippen LogP contribution is 2.25. The molecule has 6 nitrogen and oxygen atoms in total. The van der Waals surface area contributed by atoms with Crippen molar-refractivity contribution in [3.63, 3.8) is 0 Å². The van der Waals surface area contributed by atoms with Gasteiger partial charge in [-0.25, -0.2) is 4.52 Å². The van der Waals surface area contributed by atoms with Crippen LogP contribution in [-0.2, 0) is 0 Å². The third-order valence-electron chi connectivity index (χ3n) is 2.50. The van der Waals surface area contributed by atoms with Gasteiger partial charge in [0.1, 0.15) is 5.75 Å². The highest BCUT2D eigenvalue weighted by Gasteiger charge is 2.06. The summed E-state index contributed by atoms with van der Waals surface area (Å²) < 4.78 is 6.91. The number of fused-ring (bicyclic) bond motifs is 1. The molecule has 0 radical (unpaired) electrons. The van der Waals surface area contributed by atoms with Gasteiger partial charge in [0.15, 0.2) is 5.65 Å². The zero-order valence-electron chi connectivity index (χ0n) is 9.74. The Morgan fingerprint density at radius 1 is 1.28 bits per heavy atom. The van der Waals surface area contributed by atoms with Gasteiger partial charge in [-0.15, -0.1) is 5.10 Å². The lowest BCUT2D eigenvalue weighted by atomic mass is 10.3. The van der Waals surface area contributed by atoms with Gasteiger partial charge in [0.2, 0.25) is 5.95 Å². The normalized spacial score (nSPS) is 10.5. The molecule has 0 bridgehead atoms. The minimum Gasteiger partial charge on any atom is -0.495 e. The SMILES string of the molecule is COc1ccccc1Nc1nc2cnccn2n1. The molecule has 0 saturated heterocycles. The van der Waals surface area contributed by atoms with Gasteiger partial charge in [-0.2, -0.15) is 4.98 Å². The van der Waals surface area contributed by atoms with Gasteiger partial charge >= 0.3 is 0 Å². The van der Waals surface area contributed by atoms with Gasteiger partial charge in [0.05, 0.1) is 19.0 Å². The number of anilines is 2. The third kappa shape index (κ3) is 1.84. The standard InChI is InChI=1S/C12H11N5O/c1-18-10-5-3-2-4-9(10)14-12-15-11-8-13-6-7-17(11)16-12/h2-8H,1H3,(H,14,16). The number of nitrogens with one attached hydrogen (secondary N) is 1. The Morgan fingerprint density at radius 3 is 3.00 bits per heavy atom. The van der Waals surface area contributed by atoms with Crippen molar-refractivity contribution >= 4 is 17.3 Å². The molecule has 1 N–H and O–H groups in total. The van der Waals surface area contributed by atoms with Crippen molar-refractivity contribution in [3.8, 4) is 5.75 Å². The number of para-hydroxylation sites is 2. The van der Waals surface area contributed by atoms with Crippen molar-refractivity contribution in [2.24, 2.45) is 0 Å². The lowest BCUT2D eigenvalue weighted by molar-refractivity contribution is 0.417. The van der Waals surface area contributed by atoms with Crippen molar-refractivity contribution in [1.82, 2.24) is 19.6 Å². The molecule has 3 rings (SSSR count). The number of methoxy groups -OCH3 is 1. The van der Waals surface area contributed by atoms with Gasteiger partial charge < -0.3 is 10.1 Å². The molecular weight excluding hydrogens is 230 g/mol. The Hall–Kier alpha value is -2.63. The highest BCUT2D eigenvalue weighted by molar-refractivity contribution is 5.63. The maximum absolute atomic E-state index is 5.25. The zero-order chi connectivity index (χ0) is 12.4. The van der Waals surface area contributed by atoms with Crippen LogP contribution in [0.4, 0.5) is 11.6 Å². The van der Waals surface area contributed by atoms with E-state index in [-0.39, 0.29) is 0 Å². The molecule has 0 aliphatic carbocycles. The summed E-state index contributed by atoms with van der Waals surface area (Å²) in [5.41, 5.74) is 1.51. The van der Waals surface area contributed by atoms with Gasteiger partial charge in [-0.05, 0) is 12.1 Å². The van der Waals surface area contributed by atoms with E-state index in [0.29, 0.717) is 11.6 Å². The molecule has 0 spiro atoms. The summed E-state index contributed by atoms with van der Waals surface area (Å²) in [6.45, 7) is 0. The lowest BCUT2D eigenvalue weighted by Crippen LogP contribution is -1.96.